The molecule has 6 heteroatoms. The van der Waals surface area contributed by atoms with E-state index < -0.39 is 0 Å². The van der Waals surface area contributed by atoms with Gasteiger partial charge in [-0.2, -0.15) is 0 Å². The van der Waals surface area contributed by atoms with E-state index in [0.717, 1.165) is 58.8 Å². The Morgan fingerprint density at radius 3 is 2.46 bits per heavy atom. The topological polar surface area (TPSA) is 50.3 Å². The van der Waals surface area contributed by atoms with Gasteiger partial charge in [-0.1, -0.05) is 30.3 Å². The van der Waals surface area contributed by atoms with Gasteiger partial charge in [-0.05, 0) is 19.0 Å². The van der Waals surface area contributed by atoms with Crippen molar-refractivity contribution in [2.45, 2.75) is 18.4 Å². The molecule has 1 aromatic rings. The Morgan fingerprint density at radius 2 is 1.75 bits per heavy atom. The lowest BCUT2D eigenvalue weighted by Gasteiger charge is -2.40. The van der Waals surface area contributed by atoms with Crippen molar-refractivity contribution in [1.82, 2.24) is 19.6 Å². The second-order valence-corrected chi connectivity index (χ2v) is 8.66. The van der Waals surface area contributed by atoms with E-state index in [0.29, 0.717) is 24.4 Å². The minimum absolute atomic E-state index is 0.215. The summed E-state index contributed by atoms with van der Waals surface area (Å²) in [7, 11) is 2.24. The van der Waals surface area contributed by atoms with Crippen molar-refractivity contribution in [3.8, 4) is 0 Å². The van der Waals surface area contributed by atoms with E-state index in [9.17, 15) is 4.79 Å². The van der Waals surface area contributed by atoms with Crippen LogP contribution >= 0.6 is 0 Å². The Balaban J connectivity index is 1.35. The number of nitrogens with zero attached hydrogens (tertiary/aromatic N) is 4. The molecule has 1 N–H and O–H groups in total. The molecule has 0 saturated carbocycles. The number of hydrogen-bond acceptors (Lipinski definition) is 5. The first-order valence-corrected chi connectivity index (χ1v) is 10.7. The van der Waals surface area contributed by atoms with Crippen LogP contribution in [0.4, 0.5) is 0 Å². The molecule has 3 heterocycles. The molecule has 3 aliphatic heterocycles. The van der Waals surface area contributed by atoms with Gasteiger partial charge < -0.3 is 14.9 Å². The Bertz CT molecular complexity index is 647. The summed E-state index contributed by atoms with van der Waals surface area (Å²) in [5, 5.41) is 9.08. The monoisotopic (exact) mass is 386 g/mol. The number of likely N-dealkylation sites (tertiary alicyclic amines) is 2. The number of carbonyl (C=O) groups is 1. The van der Waals surface area contributed by atoms with Crippen LogP contribution in [0.25, 0.3) is 0 Å². The van der Waals surface area contributed by atoms with Crippen LogP contribution in [0.5, 0.6) is 0 Å². The van der Waals surface area contributed by atoms with E-state index in [1.54, 1.807) is 0 Å². The van der Waals surface area contributed by atoms with Gasteiger partial charge in [0.25, 0.3) is 0 Å². The molecule has 3 saturated heterocycles. The van der Waals surface area contributed by atoms with Crippen LogP contribution in [0.3, 0.4) is 0 Å². The highest BCUT2D eigenvalue weighted by atomic mass is 16.3. The lowest BCUT2D eigenvalue weighted by atomic mass is 9.82. The fraction of sp³-hybridized carbons (Fsp3) is 0.682. The maximum absolute atomic E-state index is 13.0. The summed E-state index contributed by atoms with van der Waals surface area (Å²) in [6.45, 7) is 8.08. The predicted molar refractivity (Wildman–Crippen MR) is 110 cm³/mol. The quantitative estimate of drug-likeness (QED) is 0.801. The normalized spacial score (nSPS) is 29.8. The lowest BCUT2D eigenvalue weighted by Crippen LogP contribution is -2.53. The fourth-order valence-electron chi connectivity index (χ4n) is 5.38. The summed E-state index contributed by atoms with van der Waals surface area (Å²) in [6.07, 6.45) is 1.08. The minimum atomic E-state index is 0.215. The molecule has 28 heavy (non-hydrogen) atoms. The second-order valence-electron chi connectivity index (χ2n) is 8.66. The Kier molecular flexibility index (Phi) is 6.31. The van der Waals surface area contributed by atoms with Gasteiger partial charge in [0.05, 0.1) is 13.2 Å². The molecule has 0 aromatic heterocycles. The number of rotatable bonds is 5. The van der Waals surface area contributed by atoms with Crippen molar-refractivity contribution in [3.63, 3.8) is 0 Å². The lowest BCUT2D eigenvalue weighted by molar-refractivity contribution is -0.135. The van der Waals surface area contributed by atoms with Crippen molar-refractivity contribution in [1.29, 1.82) is 0 Å². The molecule has 4 rings (SSSR count). The molecule has 0 spiro atoms. The molecule has 0 unspecified atom stereocenters. The summed E-state index contributed by atoms with van der Waals surface area (Å²) < 4.78 is 0. The standard InChI is InChI=1S/C22H34N4O2/c1-23-15-19(18-5-3-2-4-6-18)20-16-26(8-7-21(20)23)22(28)17-25-11-9-24(10-12-25)13-14-27/h2-6,19-21,27H,7-17H2,1H3/t19-,20-,21-/m1/s1. The SMILES string of the molecule is CN1C[C@H](c2ccccc2)[C@H]2CN(C(=O)CN3CCN(CCO)CC3)CC[C@H]21. The van der Waals surface area contributed by atoms with Crippen LogP contribution in [-0.2, 0) is 4.79 Å². The zero-order valence-corrected chi connectivity index (χ0v) is 17.0. The number of β-amino-alcohol motifs (C(OH)–C–C–N with tert-alkyl or cyclic N) is 1. The van der Waals surface area contributed by atoms with Crippen molar-refractivity contribution in [3.05, 3.63) is 35.9 Å². The number of aliphatic hydroxyl groups excluding tert-OH is 1. The summed E-state index contributed by atoms with van der Waals surface area (Å²) in [4.78, 5) is 22.2. The maximum atomic E-state index is 13.0. The van der Waals surface area contributed by atoms with E-state index in [1.165, 1.54) is 5.56 Å². The predicted octanol–water partition coefficient (Wildman–Crippen LogP) is 0.543. The number of amides is 1. The van der Waals surface area contributed by atoms with Crippen molar-refractivity contribution >= 4 is 5.91 Å². The smallest absolute Gasteiger partial charge is 0.236 e. The largest absolute Gasteiger partial charge is 0.395 e. The van der Waals surface area contributed by atoms with Crippen LogP contribution in [0.15, 0.2) is 30.3 Å². The van der Waals surface area contributed by atoms with Crippen LogP contribution < -0.4 is 0 Å². The average molecular weight is 387 g/mol. The highest BCUT2D eigenvalue weighted by Crippen LogP contribution is 2.40. The van der Waals surface area contributed by atoms with Gasteiger partial charge in [0.1, 0.15) is 0 Å². The Hall–Kier alpha value is -1.47. The van der Waals surface area contributed by atoms with Crippen molar-refractivity contribution < 1.29 is 9.90 Å². The third-order valence-corrected chi connectivity index (χ3v) is 7.01. The summed E-state index contributed by atoms with van der Waals surface area (Å²) in [5.74, 6) is 1.34. The number of fused-ring (bicyclic) bond motifs is 1. The molecule has 3 atom stereocenters. The third-order valence-electron chi connectivity index (χ3n) is 7.01. The number of hydrogen-bond donors (Lipinski definition) is 1. The molecule has 3 aliphatic rings. The van der Waals surface area contributed by atoms with E-state index in [-0.39, 0.29) is 12.5 Å². The highest BCUT2D eigenvalue weighted by molar-refractivity contribution is 5.78. The summed E-state index contributed by atoms with van der Waals surface area (Å²) >= 11 is 0. The van der Waals surface area contributed by atoms with Gasteiger partial charge >= 0.3 is 0 Å². The zero-order chi connectivity index (χ0) is 19.5. The molecule has 3 fully saturated rings. The van der Waals surface area contributed by atoms with Crippen molar-refractivity contribution in [2.24, 2.45) is 5.92 Å². The van der Waals surface area contributed by atoms with Crippen molar-refractivity contribution in [2.75, 3.05) is 72.6 Å². The molecule has 0 aliphatic carbocycles. The highest BCUT2D eigenvalue weighted by Gasteiger charge is 2.44. The number of piperidine rings is 1. The number of carbonyl (C=O) groups excluding carboxylic acids is 1. The van der Waals surface area contributed by atoms with E-state index in [1.807, 2.05) is 0 Å². The number of aliphatic hydroxyl groups is 1. The Labute approximate surface area is 168 Å². The summed E-state index contributed by atoms with van der Waals surface area (Å²) in [5.41, 5.74) is 1.41. The van der Waals surface area contributed by atoms with Gasteiger partial charge in [0.2, 0.25) is 5.91 Å². The third kappa shape index (κ3) is 4.25. The first kappa shape index (κ1) is 19.8. The van der Waals surface area contributed by atoms with Crippen LogP contribution in [-0.4, -0.2) is 109 Å². The molecular weight excluding hydrogens is 352 g/mol. The number of piperazine rings is 1. The van der Waals surface area contributed by atoms with Crippen LogP contribution in [0, 0.1) is 5.92 Å². The Morgan fingerprint density at radius 1 is 1.04 bits per heavy atom. The van der Waals surface area contributed by atoms with Crippen LogP contribution in [0.1, 0.15) is 17.9 Å². The first-order valence-electron chi connectivity index (χ1n) is 10.7. The minimum Gasteiger partial charge on any atom is -0.395 e. The van der Waals surface area contributed by atoms with E-state index in [2.05, 4.69) is 57.0 Å². The van der Waals surface area contributed by atoms with Gasteiger partial charge in [-0.3, -0.25) is 14.6 Å². The number of likely N-dealkylation sites (N-methyl/N-ethyl adjacent to an activating group) is 1. The number of benzene rings is 1. The van der Waals surface area contributed by atoms with Gasteiger partial charge in [-0.25, -0.2) is 0 Å². The molecular formula is C22H34N4O2. The second kappa shape index (κ2) is 8.91. The molecule has 6 nitrogen and oxygen atoms in total. The van der Waals surface area contributed by atoms with Crippen LogP contribution in [0.2, 0.25) is 0 Å². The first-order chi connectivity index (χ1) is 13.7. The average Bonchev–Trinajstić information content (AvgIpc) is 3.06. The van der Waals surface area contributed by atoms with Gasteiger partial charge in [0.15, 0.2) is 0 Å². The molecule has 154 valence electrons. The van der Waals surface area contributed by atoms with E-state index in [4.69, 9.17) is 5.11 Å². The molecule has 0 radical (unpaired) electrons. The fourth-order valence-corrected chi connectivity index (χ4v) is 5.38. The van der Waals surface area contributed by atoms with Gasteiger partial charge in [0, 0.05) is 70.2 Å². The molecule has 0 bridgehead atoms. The molecule has 1 amide bonds. The maximum Gasteiger partial charge on any atom is 0.236 e. The van der Waals surface area contributed by atoms with E-state index >= 15 is 0 Å². The zero-order valence-electron chi connectivity index (χ0n) is 17.0. The summed E-state index contributed by atoms with van der Waals surface area (Å²) in [6, 6.07) is 11.4. The van der Waals surface area contributed by atoms with Gasteiger partial charge in [-0.15, -0.1) is 0 Å². The molecule has 1 aromatic carbocycles.